The number of aryl methyl sites for hydroxylation is 2. The zero-order chi connectivity index (χ0) is 18.6. The molecule has 0 aliphatic rings. The van der Waals surface area contributed by atoms with Crippen molar-refractivity contribution < 1.29 is 8.42 Å². The second kappa shape index (κ2) is 7.58. The lowest BCUT2D eigenvalue weighted by Crippen LogP contribution is -2.14. The van der Waals surface area contributed by atoms with Gasteiger partial charge in [0.2, 0.25) is 0 Å². The van der Waals surface area contributed by atoms with Gasteiger partial charge in [0, 0.05) is 6.54 Å². The Hall–Kier alpha value is -2.86. The molecule has 0 bridgehead atoms. The summed E-state index contributed by atoms with van der Waals surface area (Å²) < 4.78 is 27.3. The fourth-order valence-electron chi connectivity index (χ4n) is 2.54. The van der Waals surface area contributed by atoms with Crippen LogP contribution in [0.2, 0.25) is 0 Å². The number of aromatic nitrogens is 1. The number of benzene rings is 2. The summed E-state index contributed by atoms with van der Waals surface area (Å²) in [4.78, 5) is 4.42. The summed E-state index contributed by atoms with van der Waals surface area (Å²) in [6.45, 7) is 4.60. The molecule has 1 aromatic heterocycles. The lowest BCUT2D eigenvalue weighted by atomic mass is 10.1. The summed E-state index contributed by atoms with van der Waals surface area (Å²) in [5.74, 6) is 0.285. The van der Waals surface area contributed by atoms with E-state index in [-0.39, 0.29) is 10.7 Å². The van der Waals surface area contributed by atoms with Crippen molar-refractivity contribution in [3.8, 4) is 0 Å². The van der Waals surface area contributed by atoms with Gasteiger partial charge in [0.05, 0.1) is 16.8 Å². The molecule has 0 fully saturated rings. The van der Waals surface area contributed by atoms with Crippen LogP contribution in [0.3, 0.4) is 0 Å². The van der Waals surface area contributed by atoms with Crippen LogP contribution in [0.4, 0.5) is 11.5 Å². The molecule has 0 spiro atoms. The first kappa shape index (κ1) is 17.9. The van der Waals surface area contributed by atoms with Crippen LogP contribution >= 0.6 is 0 Å². The molecule has 26 heavy (non-hydrogen) atoms. The first-order valence-electron chi connectivity index (χ1n) is 8.28. The van der Waals surface area contributed by atoms with Crippen molar-refractivity contribution in [1.82, 2.24) is 4.98 Å². The summed E-state index contributed by atoms with van der Waals surface area (Å²) in [5.41, 5.74) is 4.13. The van der Waals surface area contributed by atoms with E-state index in [9.17, 15) is 8.42 Å². The van der Waals surface area contributed by atoms with E-state index in [2.05, 4.69) is 34.1 Å². The zero-order valence-electron chi connectivity index (χ0n) is 14.7. The number of hydrogen-bond donors (Lipinski definition) is 2. The van der Waals surface area contributed by atoms with E-state index < -0.39 is 10.0 Å². The highest BCUT2D eigenvalue weighted by atomic mass is 32.2. The van der Waals surface area contributed by atoms with Gasteiger partial charge in [-0.15, -0.1) is 0 Å². The predicted octanol–water partition coefficient (Wildman–Crippen LogP) is 4.11. The molecule has 0 saturated carbocycles. The highest BCUT2D eigenvalue weighted by Crippen LogP contribution is 2.17. The monoisotopic (exact) mass is 367 g/mol. The van der Waals surface area contributed by atoms with Gasteiger partial charge in [0.15, 0.2) is 0 Å². The van der Waals surface area contributed by atoms with Crippen LogP contribution in [-0.4, -0.2) is 13.4 Å². The summed E-state index contributed by atoms with van der Waals surface area (Å²) in [6, 6.07) is 18.4. The van der Waals surface area contributed by atoms with Gasteiger partial charge < -0.3 is 5.32 Å². The summed E-state index contributed by atoms with van der Waals surface area (Å²) in [6.07, 6.45) is 1.62. The van der Waals surface area contributed by atoms with Gasteiger partial charge in [-0.2, -0.15) is 0 Å². The van der Waals surface area contributed by atoms with Gasteiger partial charge >= 0.3 is 0 Å². The van der Waals surface area contributed by atoms with Crippen molar-refractivity contribution in [2.75, 3.05) is 10.0 Å². The molecule has 0 atom stereocenters. The average molecular weight is 367 g/mol. The molecule has 2 aromatic carbocycles. The van der Waals surface area contributed by atoms with Crippen molar-refractivity contribution in [2.45, 2.75) is 25.3 Å². The minimum atomic E-state index is -3.64. The fourth-order valence-corrected chi connectivity index (χ4v) is 3.66. The molecular weight excluding hydrogens is 346 g/mol. The smallest absolute Gasteiger partial charge is 0.263 e. The molecule has 1 heterocycles. The van der Waals surface area contributed by atoms with Crippen LogP contribution in [-0.2, 0) is 16.6 Å². The molecule has 0 amide bonds. The third-order valence-electron chi connectivity index (χ3n) is 4.05. The Bertz CT molecular complexity index is 1000. The van der Waals surface area contributed by atoms with Gasteiger partial charge in [-0.25, -0.2) is 13.4 Å². The highest BCUT2D eigenvalue weighted by Gasteiger charge is 2.14. The Morgan fingerprint density at radius 2 is 1.77 bits per heavy atom. The Morgan fingerprint density at radius 1 is 0.962 bits per heavy atom. The maximum Gasteiger partial charge on any atom is 0.263 e. The normalized spacial score (nSPS) is 11.2. The molecule has 6 heteroatoms. The number of nitrogens with zero attached hydrogens (tertiary/aromatic N) is 1. The number of nitrogens with one attached hydrogen (secondary N) is 2. The second-order valence-corrected chi connectivity index (χ2v) is 7.82. The molecule has 3 aromatic rings. The average Bonchev–Trinajstić information content (AvgIpc) is 2.62. The molecule has 5 nitrogen and oxygen atoms in total. The SMILES string of the molecule is Cc1cccc(S(=O)(=O)Nc2ccc(NCc3ccccc3C)cn2)c1. The van der Waals surface area contributed by atoms with Crippen LogP contribution in [0.5, 0.6) is 0 Å². The number of rotatable bonds is 6. The van der Waals surface area contributed by atoms with Crippen LogP contribution in [0.15, 0.2) is 71.8 Å². The van der Waals surface area contributed by atoms with E-state index in [0.29, 0.717) is 6.54 Å². The molecular formula is C20H21N3O2S. The lowest BCUT2D eigenvalue weighted by molar-refractivity contribution is 0.601. The fraction of sp³-hybridized carbons (Fsp3) is 0.150. The molecule has 0 aliphatic heterocycles. The maximum absolute atomic E-state index is 12.4. The number of sulfonamides is 1. The Balaban J connectivity index is 1.67. The topological polar surface area (TPSA) is 71.1 Å². The lowest BCUT2D eigenvalue weighted by Gasteiger charge is -2.10. The maximum atomic E-state index is 12.4. The van der Waals surface area contributed by atoms with Gasteiger partial charge in [0.1, 0.15) is 5.82 Å². The molecule has 3 rings (SSSR count). The first-order chi connectivity index (χ1) is 12.4. The third kappa shape index (κ3) is 4.40. The van der Waals surface area contributed by atoms with Crippen LogP contribution in [0.1, 0.15) is 16.7 Å². The molecule has 0 unspecified atom stereocenters. The van der Waals surface area contributed by atoms with E-state index in [1.54, 1.807) is 36.5 Å². The predicted molar refractivity (Wildman–Crippen MR) is 105 cm³/mol. The van der Waals surface area contributed by atoms with Crippen molar-refractivity contribution in [1.29, 1.82) is 0 Å². The largest absolute Gasteiger partial charge is 0.380 e. The Kier molecular flexibility index (Phi) is 5.23. The second-order valence-electron chi connectivity index (χ2n) is 6.13. The third-order valence-corrected chi connectivity index (χ3v) is 5.40. The first-order valence-corrected chi connectivity index (χ1v) is 9.76. The number of anilines is 2. The summed E-state index contributed by atoms with van der Waals surface area (Å²) in [5, 5.41) is 3.29. The quantitative estimate of drug-likeness (QED) is 0.688. The molecule has 0 saturated heterocycles. The Morgan fingerprint density at radius 3 is 2.46 bits per heavy atom. The van der Waals surface area contributed by atoms with Crippen LogP contribution in [0, 0.1) is 13.8 Å². The van der Waals surface area contributed by atoms with E-state index in [0.717, 1.165) is 11.3 Å². The van der Waals surface area contributed by atoms with E-state index >= 15 is 0 Å². The number of pyridine rings is 1. The van der Waals surface area contributed by atoms with Gasteiger partial charge in [-0.1, -0.05) is 36.4 Å². The van der Waals surface area contributed by atoms with E-state index in [1.807, 2.05) is 25.1 Å². The van der Waals surface area contributed by atoms with Crippen LogP contribution < -0.4 is 10.0 Å². The summed E-state index contributed by atoms with van der Waals surface area (Å²) >= 11 is 0. The minimum Gasteiger partial charge on any atom is -0.380 e. The summed E-state index contributed by atoms with van der Waals surface area (Å²) in [7, 11) is -3.64. The van der Waals surface area contributed by atoms with Gasteiger partial charge in [-0.3, -0.25) is 4.72 Å². The highest BCUT2D eigenvalue weighted by molar-refractivity contribution is 7.92. The molecule has 134 valence electrons. The molecule has 0 radical (unpaired) electrons. The zero-order valence-corrected chi connectivity index (χ0v) is 15.5. The van der Waals surface area contributed by atoms with Crippen molar-refractivity contribution in [3.05, 3.63) is 83.6 Å². The van der Waals surface area contributed by atoms with E-state index in [4.69, 9.17) is 0 Å². The van der Waals surface area contributed by atoms with Crippen molar-refractivity contribution >= 4 is 21.5 Å². The Labute approximate surface area is 154 Å². The van der Waals surface area contributed by atoms with Gasteiger partial charge in [-0.05, 0) is 54.8 Å². The van der Waals surface area contributed by atoms with Crippen LogP contribution in [0.25, 0.3) is 0 Å². The van der Waals surface area contributed by atoms with Crippen molar-refractivity contribution in [3.63, 3.8) is 0 Å². The minimum absolute atomic E-state index is 0.223. The van der Waals surface area contributed by atoms with Crippen molar-refractivity contribution in [2.24, 2.45) is 0 Å². The standard InChI is InChI=1S/C20H21N3O2S/c1-15-6-5-9-19(12-15)26(24,25)23-20-11-10-18(14-22-20)21-13-17-8-4-3-7-16(17)2/h3-12,14,21H,13H2,1-2H3,(H,22,23). The number of hydrogen-bond acceptors (Lipinski definition) is 4. The molecule has 2 N–H and O–H groups in total. The van der Waals surface area contributed by atoms with E-state index in [1.165, 1.54) is 11.1 Å². The van der Waals surface area contributed by atoms with Gasteiger partial charge in [0.25, 0.3) is 10.0 Å². The molecule has 0 aliphatic carbocycles.